The molecule has 100 valence electrons. The lowest BCUT2D eigenvalue weighted by molar-refractivity contribution is 0.265. The second kappa shape index (κ2) is 5.75. The van der Waals surface area contributed by atoms with Crippen molar-refractivity contribution in [1.82, 2.24) is 4.90 Å². The van der Waals surface area contributed by atoms with E-state index in [-0.39, 0.29) is 0 Å². The van der Waals surface area contributed by atoms with Crippen LogP contribution in [0.15, 0.2) is 18.2 Å². The van der Waals surface area contributed by atoms with E-state index in [0.717, 1.165) is 11.7 Å². The van der Waals surface area contributed by atoms with Crippen molar-refractivity contribution in [2.45, 2.75) is 39.7 Å². The summed E-state index contributed by atoms with van der Waals surface area (Å²) in [7, 11) is 1.75. The molecule has 0 amide bonds. The number of benzene rings is 1. The van der Waals surface area contributed by atoms with Crippen molar-refractivity contribution in [3.63, 3.8) is 0 Å². The third-order valence-electron chi connectivity index (χ3n) is 4.04. The van der Waals surface area contributed by atoms with Crippen LogP contribution in [0.3, 0.4) is 0 Å². The third kappa shape index (κ3) is 3.05. The van der Waals surface area contributed by atoms with Gasteiger partial charge in [0.15, 0.2) is 0 Å². The molecule has 1 aliphatic heterocycles. The lowest BCUT2D eigenvalue weighted by Crippen LogP contribution is -2.28. The zero-order chi connectivity index (χ0) is 13.1. The Morgan fingerprint density at radius 2 is 2.17 bits per heavy atom. The molecule has 1 aromatic carbocycles. The van der Waals surface area contributed by atoms with Gasteiger partial charge in [0.1, 0.15) is 5.75 Å². The molecular formula is C16H25NO. The number of nitrogens with zero attached hydrogens (tertiary/aromatic N) is 1. The van der Waals surface area contributed by atoms with Crippen LogP contribution in [-0.4, -0.2) is 31.1 Å². The zero-order valence-corrected chi connectivity index (χ0v) is 12.1. The second-order valence-corrected chi connectivity index (χ2v) is 5.75. The summed E-state index contributed by atoms with van der Waals surface area (Å²) in [5.74, 6) is 1.83. The molecule has 1 unspecified atom stereocenters. The quantitative estimate of drug-likeness (QED) is 0.809. The van der Waals surface area contributed by atoms with E-state index in [9.17, 15) is 0 Å². The molecule has 2 nitrogen and oxygen atoms in total. The Morgan fingerprint density at radius 1 is 1.39 bits per heavy atom. The molecule has 2 heteroatoms. The van der Waals surface area contributed by atoms with Gasteiger partial charge in [-0.05, 0) is 63.3 Å². The maximum Gasteiger partial charge on any atom is 0.122 e. The van der Waals surface area contributed by atoms with E-state index in [2.05, 4.69) is 43.9 Å². The van der Waals surface area contributed by atoms with Crippen LogP contribution in [-0.2, 0) is 6.42 Å². The molecule has 18 heavy (non-hydrogen) atoms. The fraction of sp³-hybridized carbons (Fsp3) is 0.625. The standard InChI is InChI=1S/C16H25NO/c1-12(2)17-8-7-15(11-17)9-14-6-5-13(3)16(10-14)18-4/h5-6,10,12,15H,7-9,11H2,1-4H3. The SMILES string of the molecule is COc1cc(CC2CCN(C(C)C)C2)ccc1C. The van der Waals surface area contributed by atoms with E-state index in [4.69, 9.17) is 4.74 Å². The molecule has 0 aromatic heterocycles. The first-order valence-corrected chi connectivity index (χ1v) is 6.97. The van der Waals surface area contributed by atoms with Crippen molar-refractivity contribution in [2.24, 2.45) is 5.92 Å². The highest BCUT2D eigenvalue weighted by atomic mass is 16.5. The molecule has 0 saturated carbocycles. The molecule has 0 aliphatic carbocycles. The van der Waals surface area contributed by atoms with Gasteiger partial charge in [-0.2, -0.15) is 0 Å². The number of hydrogen-bond donors (Lipinski definition) is 0. The van der Waals surface area contributed by atoms with Gasteiger partial charge < -0.3 is 9.64 Å². The predicted octanol–water partition coefficient (Wildman–Crippen LogP) is 3.28. The first-order valence-electron chi connectivity index (χ1n) is 6.97. The molecule has 0 N–H and O–H groups in total. The Labute approximate surface area is 111 Å². The largest absolute Gasteiger partial charge is 0.496 e. The van der Waals surface area contributed by atoms with Crippen LogP contribution < -0.4 is 4.74 Å². The van der Waals surface area contributed by atoms with Crippen LogP contribution in [0.2, 0.25) is 0 Å². The Balaban J connectivity index is 1.98. The van der Waals surface area contributed by atoms with Crippen LogP contribution in [0.1, 0.15) is 31.4 Å². The van der Waals surface area contributed by atoms with Crippen LogP contribution in [0.4, 0.5) is 0 Å². The third-order valence-corrected chi connectivity index (χ3v) is 4.04. The van der Waals surface area contributed by atoms with Crippen molar-refractivity contribution >= 4 is 0 Å². The van der Waals surface area contributed by atoms with Crippen molar-refractivity contribution in [1.29, 1.82) is 0 Å². The Bertz CT molecular complexity index is 400. The molecule has 2 rings (SSSR count). The molecular weight excluding hydrogens is 222 g/mol. The van der Waals surface area contributed by atoms with Gasteiger partial charge in [0.05, 0.1) is 7.11 Å². The lowest BCUT2D eigenvalue weighted by atomic mass is 9.97. The number of aryl methyl sites for hydroxylation is 1. The van der Waals surface area contributed by atoms with Gasteiger partial charge in [-0.3, -0.25) is 0 Å². The summed E-state index contributed by atoms with van der Waals surface area (Å²) in [6.07, 6.45) is 2.51. The monoisotopic (exact) mass is 247 g/mol. The molecule has 1 heterocycles. The summed E-state index contributed by atoms with van der Waals surface area (Å²) in [5, 5.41) is 0. The van der Waals surface area contributed by atoms with Gasteiger partial charge in [-0.25, -0.2) is 0 Å². The molecule has 0 bridgehead atoms. The van der Waals surface area contributed by atoms with E-state index in [0.29, 0.717) is 6.04 Å². The Morgan fingerprint density at radius 3 is 2.78 bits per heavy atom. The van der Waals surface area contributed by atoms with Gasteiger partial charge >= 0.3 is 0 Å². The molecule has 1 aromatic rings. The summed E-state index contributed by atoms with van der Waals surface area (Å²) in [6, 6.07) is 7.30. The van der Waals surface area contributed by atoms with Gasteiger partial charge in [-0.15, -0.1) is 0 Å². The summed E-state index contributed by atoms with van der Waals surface area (Å²) in [5.41, 5.74) is 2.63. The van der Waals surface area contributed by atoms with Gasteiger partial charge in [-0.1, -0.05) is 12.1 Å². The minimum absolute atomic E-state index is 0.683. The number of methoxy groups -OCH3 is 1. The number of rotatable bonds is 4. The maximum atomic E-state index is 5.40. The summed E-state index contributed by atoms with van der Waals surface area (Å²) in [4.78, 5) is 2.58. The average molecular weight is 247 g/mol. The molecule has 0 spiro atoms. The Hall–Kier alpha value is -1.02. The first-order chi connectivity index (χ1) is 8.60. The van der Waals surface area contributed by atoms with Crippen molar-refractivity contribution < 1.29 is 4.74 Å². The van der Waals surface area contributed by atoms with Crippen molar-refractivity contribution in [3.8, 4) is 5.75 Å². The van der Waals surface area contributed by atoms with Crippen molar-refractivity contribution in [3.05, 3.63) is 29.3 Å². The fourth-order valence-electron chi connectivity index (χ4n) is 2.82. The zero-order valence-electron chi connectivity index (χ0n) is 12.1. The van der Waals surface area contributed by atoms with Crippen molar-refractivity contribution in [2.75, 3.05) is 20.2 Å². The fourth-order valence-corrected chi connectivity index (χ4v) is 2.82. The van der Waals surface area contributed by atoms with E-state index in [1.165, 1.54) is 37.1 Å². The highest BCUT2D eigenvalue weighted by Crippen LogP contribution is 2.25. The van der Waals surface area contributed by atoms with E-state index in [1.54, 1.807) is 7.11 Å². The summed E-state index contributed by atoms with van der Waals surface area (Å²) >= 11 is 0. The molecule has 1 atom stereocenters. The minimum Gasteiger partial charge on any atom is -0.496 e. The minimum atomic E-state index is 0.683. The molecule has 1 saturated heterocycles. The molecule has 0 radical (unpaired) electrons. The van der Waals surface area contributed by atoms with Gasteiger partial charge in [0.2, 0.25) is 0 Å². The van der Waals surface area contributed by atoms with Crippen LogP contribution in [0.5, 0.6) is 5.75 Å². The Kier molecular flexibility index (Phi) is 4.28. The highest BCUT2D eigenvalue weighted by Gasteiger charge is 2.24. The van der Waals surface area contributed by atoms with E-state index >= 15 is 0 Å². The lowest BCUT2D eigenvalue weighted by Gasteiger charge is -2.20. The smallest absolute Gasteiger partial charge is 0.122 e. The average Bonchev–Trinajstić information content (AvgIpc) is 2.80. The van der Waals surface area contributed by atoms with Crippen LogP contribution >= 0.6 is 0 Å². The molecule has 1 aliphatic rings. The second-order valence-electron chi connectivity index (χ2n) is 5.75. The first kappa shape index (κ1) is 13.4. The number of hydrogen-bond acceptors (Lipinski definition) is 2. The van der Waals surface area contributed by atoms with E-state index in [1.807, 2.05) is 0 Å². The summed E-state index contributed by atoms with van der Waals surface area (Å²) in [6.45, 7) is 9.17. The maximum absolute atomic E-state index is 5.40. The normalized spacial score (nSPS) is 20.6. The molecule has 1 fully saturated rings. The van der Waals surface area contributed by atoms with E-state index < -0.39 is 0 Å². The van der Waals surface area contributed by atoms with Crippen LogP contribution in [0, 0.1) is 12.8 Å². The topological polar surface area (TPSA) is 12.5 Å². The van der Waals surface area contributed by atoms with Crippen LogP contribution in [0.25, 0.3) is 0 Å². The highest BCUT2D eigenvalue weighted by molar-refractivity contribution is 5.36. The predicted molar refractivity (Wildman–Crippen MR) is 76.3 cm³/mol. The van der Waals surface area contributed by atoms with Gasteiger partial charge in [0.25, 0.3) is 0 Å². The number of ether oxygens (including phenoxy) is 1. The summed E-state index contributed by atoms with van der Waals surface area (Å²) < 4.78 is 5.40. The number of likely N-dealkylation sites (tertiary alicyclic amines) is 1. The van der Waals surface area contributed by atoms with Gasteiger partial charge in [0, 0.05) is 12.6 Å².